The molecule has 0 aromatic heterocycles. The summed E-state index contributed by atoms with van der Waals surface area (Å²) in [6.07, 6.45) is 5.61. The van der Waals surface area contributed by atoms with E-state index in [1.54, 1.807) is 20.3 Å². The molecule has 0 bridgehead atoms. The van der Waals surface area contributed by atoms with E-state index in [9.17, 15) is 9.59 Å². The normalized spacial score (nSPS) is 21.4. The number of rotatable bonds is 6. The third-order valence-electron chi connectivity index (χ3n) is 5.90. The van der Waals surface area contributed by atoms with Crippen LogP contribution in [0.4, 0.5) is 0 Å². The first-order valence-electron chi connectivity index (χ1n) is 9.98. The van der Waals surface area contributed by atoms with E-state index in [0.717, 1.165) is 50.0 Å². The van der Waals surface area contributed by atoms with Crippen molar-refractivity contribution in [2.75, 3.05) is 27.3 Å². The van der Waals surface area contributed by atoms with E-state index in [-0.39, 0.29) is 23.7 Å². The van der Waals surface area contributed by atoms with Crippen molar-refractivity contribution >= 4 is 11.8 Å². The number of benzene rings is 1. The molecule has 3 rings (SSSR count). The number of hydrogen-bond acceptors (Lipinski definition) is 4. The van der Waals surface area contributed by atoms with Crippen molar-refractivity contribution in [2.24, 2.45) is 11.8 Å². The maximum atomic E-state index is 13.0. The molecule has 0 spiro atoms. The number of carbonyl (C=O) groups is 2. The number of carbonyl (C=O) groups excluding carboxylic acids is 2. The van der Waals surface area contributed by atoms with Crippen molar-refractivity contribution in [3.05, 3.63) is 35.9 Å². The largest absolute Gasteiger partial charge is 0.493 e. The molecule has 1 aromatic rings. The Hall–Kier alpha value is -2.50. The molecule has 1 fully saturated rings. The van der Waals surface area contributed by atoms with E-state index in [1.165, 1.54) is 5.56 Å². The van der Waals surface area contributed by atoms with Gasteiger partial charge in [-0.3, -0.25) is 9.59 Å². The average Bonchev–Trinajstić information content (AvgIpc) is 2.75. The Labute approximate surface area is 166 Å². The van der Waals surface area contributed by atoms with Crippen LogP contribution in [0.1, 0.15) is 36.8 Å². The molecule has 1 saturated carbocycles. The fourth-order valence-corrected chi connectivity index (χ4v) is 4.25. The zero-order chi connectivity index (χ0) is 20.1. The molecular weight excluding hydrogens is 356 g/mol. The van der Waals surface area contributed by atoms with Gasteiger partial charge < -0.3 is 19.7 Å². The molecule has 6 heteroatoms. The molecule has 0 saturated heterocycles. The van der Waals surface area contributed by atoms with E-state index >= 15 is 0 Å². The fraction of sp³-hybridized carbons (Fsp3) is 0.545. The van der Waals surface area contributed by atoms with Crippen LogP contribution in [-0.4, -0.2) is 44.0 Å². The van der Waals surface area contributed by atoms with E-state index in [0.29, 0.717) is 18.8 Å². The molecule has 2 amide bonds. The Morgan fingerprint density at radius 2 is 1.71 bits per heavy atom. The van der Waals surface area contributed by atoms with Crippen molar-refractivity contribution in [3.63, 3.8) is 0 Å². The molecule has 1 aromatic carbocycles. The summed E-state index contributed by atoms with van der Waals surface area (Å²) in [6.45, 7) is 5.45. The Balaban J connectivity index is 1.59. The van der Waals surface area contributed by atoms with Crippen molar-refractivity contribution in [2.45, 2.75) is 38.6 Å². The highest BCUT2D eigenvalue weighted by Crippen LogP contribution is 2.35. The van der Waals surface area contributed by atoms with Gasteiger partial charge in [0.15, 0.2) is 11.5 Å². The maximum absolute atomic E-state index is 13.0. The average molecular weight is 386 g/mol. The minimum atomic E-state index is 0.0165. The molecule has 1 N–H and O–H groups in total. The fourth-order valence-electron chi connectivity index (χ4n) is 4.25. The Bertz CT molecular complexity index is 738. The number of fused-ring (bicyclic) bond motifs is 1. The van der Waals surface area contributed by atoms with Crippen LogP contribution in [0.25, 0.3) is 0 Å². The summed E-state index contributed by atoms with van der Waals surface area (Å²) in [5.41, 5.74) is 2.33. The summed E-state index contributed by atoms with van der Waals surface area (Å²) in [7, 11) is 3.26. The highest BCUT2D eigenvalue weighted by Gasteiger charge is 2.33. The van der Waals surface area contributed by atoms with Gasteiger partial charge in [-0.15, -0.1) is 6.58 Å². The summed E-state index contributed by atoms with van der Waals surface area (Å²) in [5.74, 6) is 1.76. The van der Waals surface area contributed by atoms with Gasteiger partial charge in [0.1, 0.15) is 0 Å². The van der Waals surface area contributed by atoms with E-state index in [1.807, 2.05) is 17.0 Å². The van der Waals surface area contributed by atoms with Crippen molar-refractivity contribution < 1.29 is 19.1 Å². The van der Waals surface area contributed by atoms with E-state index in [4.69, 9.17) is 9.47 Å². The second-order valence-electron chi connectivity index (χ2n) is 7.57. The van der Waals surface area contributed by atoms with E-state index in [2.05, 4.69) is 11.9 Å². The van der Waals surface area contributed by atoms with Gasteiger partial charge in [0.25, 0.3) is 0 Å². The van der Waals surface area contributed by atoms with Crippen LogP contribution in [0, 0.1) is 11.8 Å². The smallest absolute Gasteiger partial charge is 0.225 e. The lowest BCUT2D eigenvalue weighted by Crippen LogP contribution is -2.42. The van der Waals surface area contributed by atoms with Gasteiger partial charge in [0.05, 0.1) is 14.2 Å². The molecule has 0 radical (unpaired) electrons. The Morgan fingerprint density at radius 1 is 1.11 bits per heavy atom. The van der Waals surface area contributed by atoms with Gasteiger partial charge in [0, 0.05) is 31.5 Å². The highest BCUT2D eigenvalue weighted by molar-refractivity contribution is 5.81. The van der Waals surface area contributed by atoms with Crippen LogP contribution >= 0.6 is 0 Å². The minimum Gasteiger partial charge on any atom is -0.493 e. The lowest BCUT2D eigenvalue weighted by atomic mass is 9.80. The van der Waals surface area contributed by atoms with Crippen LogP contribution in [0.2, 0.25) is 0 Å². The SMILES string of the molecule is C=CCNC(=O)C1CCC(C(=O)N2CCc3cc(OC)c(OC)cc3C2)CC1. The third kappa shape index (κ3) is 4.32. The van der Waals surface area contributed by atoms with Gasteiger partial charge in [-0.1, -0.05) is 6.08 Å². The van der Waals surface area contributed by atoms with Crippen LogP contribution < -0.4 is 14.8 Å². The summed E-state index contributed by atoms with van der Waals surface area (Å²) in [6, 6.07) is 4.00. The second kappa shape index (κ2) is 9.13. The summed E-state index contributed by atoms with van der Waals surface area (Å²) in [4.78, 5) is 27.1. The predicted molar refractivity (Wildman–Crippen MR) is 107 cm³/mol. The number of nitrogens with zero attached hydrogens (tertiary/aromatic N) is 1. The Kier molecular flexibility index (Phi) is 6.60. The highest BCUT2D eigenvalue weighted by atomic mass is 16.5. The molecule has 2 aliphatic rings. The first kappa shape index (κ1) is 20.2. The standard InChI is InChI=1S/C22H30N2O4/c1-4-10-23-21(25)15-5-7-16(8-6-15)22(26)24-11-9-17-12-19(27-2)20(28-3)13-18(17)14-24/h4,12-13,15-16H,1,5-11,14H2,2-3H3,(H,23,25). The number of hydrogen-bond donors (Lipinski definition) is 1. The zero-order valence-corrected chi connectivity index (χ0v) is 16.8. The first-order chi connectivity index (χ1) is 13.6. The van der Waals surface area contributed by atoms with Gasteiger partial charge in [-0.2, -0.15) is 0 Å². The van der Waals surface area contributed by atoms with Crippen molar-refractivity contribution in [3.8, 4) is 11.5 Å². The van der Waals surface area contributed by atoms with Crippen LogP contribution in [-0.2, 0) is 22.6 Å². The Morgan fingerprint density at radius 3 is 2.32 bits per heavy atom. The lowest BCUT2D eigenvalue weighted by Gasteiger charge is -2.34. The second-order valence-corrected chi connectivity index (χ2v) is 7.57. The van der Waals surface area contributed by atoms with Crippen LogP contribution in [0.15, 0.2) is 24.8 Å². The minimum absolute atomic E-state index is 0.0165. The van der Waals surface area contributed by atoms with Crippen molar-refractivity contribution in [1.82, 2.24) is 10.2 Å². The molecule has 1 aliphatic heterocycles. The summed E-state index contributed by atoms with van der Waals surface area (Å²) >= 11 is 0. The van der Waals surface area contributed by atoms with Crippen LogP contribution in [0.5, 0.6) is 11.5 Å². The maximum Gasteiger partial charge on any atom is 0.225 e. The molecule has 0 unspecified atom stereocenters. The number of nitrogens with one attached hydrogen (secondary N) is 1. The number of methoxy groups -OCH3 is 2. The number of ether oxygens (including phenoxy) is 2. The number of amides is 2. The summed E-state index contributed by atoms with van der Waals surface area (Å²) < 4.78 is 10.8. The quantitative estimate of drug-likeness (QED) is 0.764. The molecule has 0 atom stereocenters. The first-order valence-corrected chi connectivity index (χ1v) is 9.98. The topological polar surface area (TPSA) is 67.9 Å². The van der Waals surface area contributed by atoms with Crippen molar-refractivity contribution in [1.29, 1.82) is 0 Å². The lowest BCUT2D eigenvalue weighted by molar-refractivity contribution is -0.139. The van der Waals surface area contributed by atoms with Gasteiger partial charge in [-0.25, -0.2) is 0 Å². The predicted octanol–water partition coefficient (Wildman–Crippen LogP) is 2.70. The molecular formula is C22H30N2O4. The molecule has 1 aliphatic carbocycles. The monoisotopic (exact) mass is 386 g/mol. The van der Waals surface area contributed by atoms with Gasteiger partial charge >= 0.3 is 0 Å². The third-order valence-corrected chi connectivity index (χ3v) is 5.90. The van der Waals surface area contributed by atoms with Crippen LogP contribution in [0.3, 0.4) is 0 Å². The molecule has 152 valence electrons. The zero-order valence-electron chi connectivity index (χ0n) is 16.8. The van der Waals surface area contributed by atoms with E-state index < -0.39 is 0 Å². The van der Waals surface area contributed by atoms with Gasteiger partial charge in [-0.05, 0) is 55.4 Å². The molecule has 1 heterocycles. The molecule has 28 heavy (non-hydrogen) atoms. The molecule has 6 nitrogen and oxygen atoms in total. The summed E-state index contributed by atoms with van der Waals surface area (Å²) in [5, 5.41) is 2.87. The van der Waals surface area contributed by atoms with Gasteiger partial charge in [0.2, 0.25) is 11.8 Å².